The number of carbonyl (C=O) groups excluding carboxylic acids is 1. The first kappa shape index (κ1) is 13.6. The monoisotopic (exact) mass is 283 g/mol. The first-order chi connectivity index (χ1) is 10.2. The molecule has 2 heterocycles. The molecular weight excluding hydrogens is 266 g/mol. The Morgan fingerprint density at radius 2 is 2.24 bits per heavy atom. The maximum Gasteiger partial charge on any atom is 0.243 e. The predicted octanol–water partition coefficient (Wildman–Crippen LogP) is 1.83. The Bertz CT molecular complexity index is 649. The van der Waals surface area contributed by atoms with Gasteiger partial charge in [0.1, 0.15) is 11.7 Å². The van der Waals surface area contributed by atoms with Gasteiger partial charge in [0.15, 0.2) is 5.76 Å². The second-order valence-electron chi connectivity index (χ2n) is 5.05. The largest absolute Gasteiger partial charge is 0.359 e. The first-order valence-electron chi connectivity index (χ1n) is 6.90. The average molecular weight is 283 g/mol. The lowest BCUT2D eigenvalue weighted by Crippen LogP contribution is -2.41. The van der Waals surface area contributed by atoms with E-state index in [1.807, 2.05) is 48.6 Å². The number of nitrogens with one attached hydrogen (secondary N) is 1. The maximum absolute atomic E-state index is 12.2. The molecule has 0 aliphatic carbocycles. The van der Waals surface area contributed by atoms with E-state index in [4.69, 9.17) is 4.52 Å². The van der Waals surface area contributed by atoms with Gasteiger partial charge in [-0.2, -0.15) is 0 Å². The van der Waals surface area contributed by atoms with Gasteiger partial charge < -0.3 is 9.42 Å². The average Bonchev–Trinajstić information content (AvgIpc) is 3.19. The van der Waals surface area contributed by atoms with Crippen molar-refractivity contribution >= 4 is 5.91 Å². The van der Waals surface area contributed by atoms with Crippen molar-refractivity contribution in [1.29, 1.82) is 0 Å². The first-order valence-corrected chi connectivity index (χ1v) is 6.90. The zero-order valence-corrected chi connectivity index (χ0v) is 11.8. The summed E-state index contributed by atoms with van der Waals surface area (Å²) in [6, 6.07) is 11.5. The third-order valence-corrected chi connectivity index (χ3v) is 3.45. The molecule has 108 valence electrons. The molecule has 0 fully saturated rings. The Morgan fingerprint density at radius 3 is 2.95 bits per heavy atom. The summed E-state index contributed by atoms with van der Waals surface area (Å²) >= 11 is 0. The fourth-order valence-electron chi connectivity index (χ4n) is 2.32. The van der Waals surface area contributed by atoms with E-state index in [9.17, 15) is 4.79 Å². The predicted molar refractivity (Wildman–Crippen MR) is 79.3 cm³/mol. The molecule has 3 rings (SSSR count). The summed E-state index contributed by atoms with van der Waals surface area (Å²) < 4.78 is 5.32. The summed E-state index contributed by atoms with van der Waals surface area (Å²) in [5.74, 6) is 0.702. The van der Waals surface area contributed by atoms with Crippen molar-refractivity contribution < 1.29 is 9.32 Å². The van der Waals surface area contributed by atoms with Crippen LogP contribution in [0.4, 0.5) is 0 Å². The van der Waals surface area contributed by atoms with E-state index in [2.05, 4.69) is 10.5 Å². The highest BCUT2D eigenvalue weighted by Gasteiger charge is 2.22. The van der Waals surface area contributed by atoms with E-state index in [0.29, 0.717) is 12.3 Å². The maximum atomic E-state index is 12.2. The number of aromatic nitrogens is 1. The van der Waals surface area contributed by atoms with Gasteiger partial charge in [0, 0.05) is 25.2 Å². The number of hydrogen-bond acceptors (Lipinski definition) is 4. The van der Waals surface area contributed by atoms with E-state index >= 15 is 0 Å². The minimum Gasteiger partial charge on any atom is -0.359 e. The zero-order valence-electron chi connectivity index (χ0n) is 11.8. The Kier molecular flexibility index (Phi) is 3.83. The number of likely N-dealkylation sites (N-methyl/N-ethyl adjacent to an activating group) is 1. The highest BCUT2D eigenvalue weighted by Crippen LogP contribution is 2.19. The van der Waals surface area contributed by atoms with Gasteiger partial charge in [-0.25, -0.2) is 0 Å². The SMILES string of the molecule is CN(Cc1cc(-c2ccccc2)no1)C(=O)C1C=CCN1. The molecule has 1 N–H and O–H groups in total. The van der Waals surface area contributed by atoms with Gasteiger partial charge in [0.25, 0.3) is 0 Å². The van der Waals surface area contributed by atoms with E-state index in [-0.39, 0.29) is 11.9 Å². The van der Waals surface area contributed by atoms with Crippen LogP contribution in [0.1, 0.15) is 5.76 Å². The van der Waals surface area contributed by atoms with Crippen LogP contribution in [0.2, 0.25) is 0 Å². The Hall–Kier alpha value is -2.40. The molecule has 0 radical (unpaired) electrons. The second-order valence-corrected chi connectivity index (χ2v) is 5.05. The van der Waals surface area contributed by atoms with Crippen LogP contribution in [0.15, 0.2) is 53.1 Å². The van der Waals surface area contributed by atoms with Crippen LogP contribution in [-0.4, -0.2) is 35.6 Å². The number of benzene rings is 1. The van der Waals surface area contributed by atoms with Crippen LogP contribution < -0.4 is 5.32 Å². The van der Waals surface area contributed by atoms with Crippen molar-refractivity contribution in [2.45, 2.75) is 12.6 Å². The molecule has 21 heavy (non-hydrogen) atoms. The molecule has 1 atom stereocenters. The Labute approximate surface area is 123 Å². The molecule has 1 aromatic carbocycles. The highest BCUT2D eigenvalue weighted by atomic mass is 16.5. The Morgan fingerprint density at radius 1 is 1.43 bits per heavy atom. The fourth-order valence-corrected chi connectivity index (χ4v) is 2.32. The summed E-state index contributed by atoms with van der Waals surface area (Å²) in [6.07, 6.45) is 3.84. The lowest BCUT2D eigenvalue weighted by molar-refractivity contribution is -0.131. The quantitative estimate of drug-likeness (QED) is 0.870. The van der Waals surface area contributed by atoms with Crippen LogP contribution in [-0.2, 0) is 11.3 Å². The number of rotatable bonds is 4. The molecule has 2 aromatic rings. The highest BCUT2D eigenvalue weighted by molar-refractivity contribution is 5.84. The molecule has 1 aromatic heterocycles. The van der Waals surface area contributed by atoms with Crippen LogP contribution in [0, 0.1) is 0 Å². The molecule has 1 amide bonds. The molecule has 0 saturated carbocycles. The van der Waals surface area contributed by atoms with E-state index in [0.717, 1.165) is 17.8 Å². The zero-order chi connectivity index (χ0) is 14.7. The molecule has 1 aliphatic rings. The van der Waals surface area contributed by atoms with Crippen molar-refractivity contribution in [1.82, 2.24) is 15.4 Å². The van der Waals surface area contributed by atoms with Crippen molar-refractivity contribution in [3.05, 3.63) is 54.3 Å². The molecule has 0 spiro atoms. The topological polar surface area (TPSA) is 58.4 Å². The lowest BCUT2D eigenvalue weighted by Gasteiger charge is -2.19. The van der Waals surface area contributed by atoms with Crippen molar-refractivity contribution in [3.8, 4) is 11.3 Å². The van der Waals surface area contributed by atoms with Gasteiger partial charge in [0.05, 0.1) is 6.54 Å². The lowest BCUT2D eigenvalue weighted by atomic mass is 10.1. The smallest absolute Gasteiger partial charge is 0.243 e. The van der Waals surface area contributed by atoms with Crippen LogP contribution in [0.25, 0.3) is 11.3 Å². The molecule has 0 saturated heterocycles. The number of carbonyl (C=O) groups is 1. The summed E-state index contributed by atoms with van der Waals surface area (Å²) in [5, 5.41) is 7.16. The third kappa shape index (κ3) is 3.03. The van der Waals surface area contributed by atoms with Crippen LogP contribution in [0.5, 0.6) is 0 Å². The summed E-state index contributed by atoms with van der Waals surface area (Å²) in [5.41, 5.74) is 1.78. The molecule has 1 unspecified atom stereocenters. The number of amides is 1. The van der Waals surface area contributed by atoms with Crippen LogP contribution in [0.3, 0.4) is 0 Å². The molecular formula is C16H17N3O2. The summed E-state index contributed by atoms with van der Waals surface area (Å²) in [4.78, 5) is 13.8. The summed E-state index contributed by atoms with van der Waals surface area (Å²) in [6.45, 7) is 1.15. The molecule has 1 aliphatic heterocycles. The molecule has 0 bridgehead atoms. The van der Waals surface area contributed by atoms with Crippen molar-refractivity contribution in [3.63, 3.8) is 0 Å². The van der Waals surface area contributed by atoms with Gasteiger partial charge in [-0.3, -0.25) is 10.1 Å². The summed E-state index contributed by atoms with van der Waals surface area (Å²) in [7, 11) is 1.76. The van der Waals surface area contributed by atoms with Gasteiger partial charge in [-0.05, 0) is 0 Å². The van der Waals surface area contributed by atoms with Gasteiger partial charge >= 0.3 is 0 Å². The minimum absolute atomic E-state index is 0.0291. The Balaban J connectivity index is 1.67. The van der Waals surface area contributed by atoms with Gasteiger partial charge in [0.2, 0.25) is 5.91 Å². The number of hydrogen-bond donors (Lipinski definition) is 1. The van der Waals surface area contributed by atoms with Crippen molar-refractivity contribution in [2.75, 3.05) is 13.6 Å². The normalized spacial score (nSPS) is 17.1. The molecule has 5 heteroatoms. The third-order valence-electron chi connectivity index (χ3n) is 3.45. The number of nitrogens with zero attached hydrogens (tertiary/aromatic N) is 2. The van der Waals surface area contributed by atoms with Gasteiger partial charge in [-0.15, -0.1) is 0 Å². The fraction of sp³-hybridized carbons (Fsp3) is 0.250. The van der Waals surface area contributed by atoms with Crippen LogP contribution >= 0.6 is 0 Å². The van der Waals surface area contributed by atoms with Crippen molar-refractivity contribution in [2.24, 2.45) is 0 Å². The second kappa shape index (κ2) is 5.93. The van der Waals surface area contributed by atoms with E-state index < -0.39 is 0 Å². The minimum atomic E-state index is -0.230. The van der Waals surface area contributed by atoms with E-state index in [1.165, 1.54) is 0 Å². The van der Waals surface area contributed by atoms with E-state index in [1.54, 1.807) is 11.9 Å². The standard InChI is InChI=1S/C16H17N3O2/c1-19(16(20)14-8-5-9-17-14)11-13-10-15(18-21-13)12-6-3-2-4-7-12/h2-8,10,14,17H,9,11H2,1H3. The molecule has 5 nitrogen and oxygen atoms in total. The van der Waals surface area contributed by atoms with Gasteiger partial charge in [-0.1, -0.05) is 47.6 Å².